The number of nitrogens with zero attached hydrogens (tertiary/aromatic N) is 1. The van der Waals surface area contributed by atoms with Crippen LogP contribution in [-0.4, -0.2) is 29.5 Å². The largest absolute Gasteiger partial charge is 0.441 e. The maximum atomic E-state index is 11.9. The summed E-state index contributed by atoms with van der Waals surface area (Å²) < 4.78 is 5.73. The topological polar surface area (TPSA) is 96.3 Å². The third-order valence-electron chi connectivity index (χ3n) is 3.72. The molecule has 0 saturated heterocycles. The Morgan fingerprint density at radius 2 is 2.04 bits per heavy atom. The predicted molar refractivity (Wildman–Crippen MR) is 95.4 cm³/mol. The minimum absolute atomic E-state index is 0.0374. The molecule has 0 aliphatic heterocycles. The number of benzene rings is 1. The molecule has 134 valence electrons. The van der Waals surface area contributed by atoms with Gasteiger partial charge < -0.3 is 20.4 Å². The van der Waals surface area contributed by atoms with Crippen LogP contribution in [0, 0.1) is 5.41 Å². The molecule has 2 aromatic rings. The second-order valence-corrected chi connectivity index (χ2v) is 7.68. The molecule has 25 heavy (non-hydrogen) atoms. The summed E-state index contributed by atoms with van der Waals surface area (Å²) in [5.41, 5.74) is 2.07. The highest BCUT2D eigenvalue weighted by Gasteiger charge is 2.23. The summed E-state index contributed by atoms with van der Waals surface area (Å²) in [6.07, 6.45) is 2.78. The number of anilines is 1. The SMILES string of the molecule is CC(C)(C)Cc1nc2cc(NC(=O)NCC(=O)NC3CC3)ccc2o1. The minimum Gasteiger partial charge on any atom is -0.441 e. The van der Waals surface area contributed by atoms with E-state index in [9.17, 15) is 9.59 Å². The van der Waals surface area contributed by atoms with Crippen LogP contribution in [0.15, 0.2) is 22.6 Å². The zero-order chi connectivity index (χ0) is 18.0. The molecule has 7 heteroatoms. The Bertz CT molecular complexity index is 787. The molecule has 1 heterocycles. The summed E-state index contributed by atoms with van der Waals surface area (Å²) in [5, 5.41) is 8.06. The average Bonchev–Trinajstić information content (AvgIpc) is 3.22. The minimum atomic E-state index is -0.427. The van der Waals surface area contributed by atoms with E-state index >= 15 is 0 Å². The predicted octanol–water partition coefficient (Wildman–Crippen LogP) is 2.82. The highest BCUT2D eigenvalue weighted by molar-refractivity contribution is 5.93. The Morgan fingerprint density at radius 3 is 2.72 bits per heavy atom. The lowest BCUT2D eigenvalue weighted by Gasteiger charge is -2.14. The van der Waals surface area contributed by atoms with Gasteiger partial charge in [-0.15, -0.1) is 0 Å². The Labute approximate surface area is 146 Å². The van der Waals surface area contributed by atoms with E-state index in [-0.39, 0.29) is 23.9 Å². The fraction of sp³-hybridized carbons (Fsp3) is 0.500. The highest BCUT2D eigenvalue weighted by atomic mass is 16.3. The molecule has 0 spiro atoms. The first-order valence-electron chi connectivity index (χ1n) is 8.52. The number of rotatable bonds is 5. The molecule has 1 aromatic heterocycles. The summed E-state index contributed by atoms with van der Waals surface area (Å²) in [5.74, 6) is 0.511. The Kier molecular flexibility index (Phi) is 4.65. The van der Waals surface area contributed by atoms with Crippen molar-refractivity contribution in [1.82, 2.24) is 15.6 Å². The third-order valence-corrected chi connectivity index (χ3v) is 3.72. The molecule has 7 nitrogen and oxygen atoms in total. The van der Waals surface area contributed by atoms with E-state index in [0.29, 0.717) is 22.7 Å². The number of urea groups is 1. The van der Waals surface area contributed by atoms with Gasteiger partial charge in [-0.3, -0.25) is 4.79 Å². The Hall–Kier alpha value is -2.57. The van der Waals surface area contributed by atoms with Crippen molar-refractivity contribution in [1.29, 1.82) is 0 Å². The number of carbonyl (C=O) groups excluding carboxylic acids is 2. The van der Waals surface area contributed by atoms with Crippen molar-refractivity contribution in [3.8, 4) is 0 Å². The molecule has 1 saturated carbocycles. The van der Waals surface area contributed by atoms with Crippen molar-refractivity contribution >= 4 is 28.7 Å². The summed E-state index contributed by atoms with van der Waals surface area (Å²) in [6, 6.07) is 5.15. The summed E-state index contributed by atoms with van der Waals surface area (Å²) >= 11 is 0. The molecule has 0 bridgehead atoms. The maximum Gasteiger partial charge on any atom is 0.319 e. The summed E-state index contributed by atoms with van der Waals surface area (Å²) in [7, 11) is 0. The van der Waals surface area contributed by atoms with Crippen molar-refractivity contribution in [3.05, 3.63) is 24.1 Å². The fourth-order valence-corrected chi connectivity index (χ4v) is 2.42. The molecule has 3 N–H and O–H groups in total. The summed E-state index contributed by atoms with van der Waals surface area (Å²) in [4.78, 5) is 27.9. The van der Waals surface area contributed by atoms with E-state index in [0.717, 1.165) is 19.3 Å². The van der Waals surface area contributed by atoms with Gasteiger partial charge in [0.15, 0.2) is 11.5 Å². The van der Waals surface area contributed by atoms with Crippen molar-refractivity contribution in [2.45, 2.75) is 46.1 Å². The number of aromatic nitrogens is 1. The molecule has 1 aliphatic carbocycles. The van der Waals surface area contributed by atoms with Crippen LogP contribution in [0.25, 0.3) is 11.1 Å². The van der Waals surface area contributed by atoms with E-state index in [4.69, 9.17) is 4.42 Å². The van der Waals surface area contributed by atoms with E-state index in [1.54, 1.807) is 18.2 Å². The molecule has 1 fully saturated rings. The molecule has 3 rings (SSSR count). The van der Waals surface area contributed by atoms with Crippen LogP contribution in [0.3, 0.4) is 0 Å². The second-order valence-electron chi connectivity index (χ2n) is 7.68. The van der Waals surface area contributed by atoms with Gasteiger partial charge in [-0.25, -0.2) is 9.78 Å². The van der Waals surface area contributed by atoms with Gasteiger partial charge in [0.2, 0.25) is 5.91 Å². The van der Waals surface area contributed by atoms with Crippen LogP contribution >= 0.6 is 0 Å². The van der Waals surface area contributed by atoms with Gasteiger partial charge in [-0.1, -0.05) is 20.8 Å². The number of oxazole rings is 1. The first-order chi connectivity index (χ1) is 11.8. The fourth-order valence-electron chi connectivity index (χ4n) is 2.42. The molecule has 0 radical (unpaired) electrons. The molecule has 1 aromatic carbocycles. The number of carbonyl (C=O) groups is 2. The van der Waals surface area contributed by atoms with Crippen molar-refractivity contribution in [2.24, 2.45) is 5.41 Å². The van der Waals surface area contributed by atoms with Crippen molar-refractivity contribution in [2.75, 3.05) is 11.9 Å². The zero-order valence-corrected chi connectivity index (χ0v) is 14.8. The average molecular weight is 344 g/mol. The van der Waals surface area contributed by atoms with Gasteiger partial charge in [-0.2, -0.15) is 0 Å². The molecular weight excluding hydrogens is 320 g/mol. The van der Waals surface area contributed by atoms with Crippen LogP contribution in [-0.2, 0) is 11.2 Å². The van der Waals surface area contributed by atoms with Crippen LogP contribution < -0.4 is 16.0 Å². The lowest BCUT2D eigenvalue weighted by atomic mass is 9.92. The van der Waals surface area contributed by atoms with Gasteiger partial charge in [0.05, 0.1) is 6.54 Å². The lowest BCUT2D eigenvalue weighted by Crippen LogP contribution is -2.39. The summed E-state index contributed by atoms with van der Waals surface area (Å²) in [6.45, 7) is 6.33. The van der Waals surface area contributed by atoms with Gasteiger partial charge in [-0.05, 0) is 36.5 Å². The van der Waals surface area contributed by atoms with Crippen LogP contribution in [0.1, 0.15) is 39.5 Å². The molecule has 3 amide bonds. The van der Waals surface area contributed by atoms with Gasteiger partial charge in [0.25, 0.3) is 0 Å². The maximum absolute atomic E-state index is 11.9. The van der Waals surface area contributed by atoms with E-state index in [1.165, 1.54) is 0 Å². The molecule has 0 atom stereocenters. The van der Waals surface area contributed by atoms with Crippen LogP contribution in [0.2, 0.25) is 0 Å². The number of amides is 3. The van der Waals surface area contributed by atoms with Gasteiger partial charge in [0, 0.05) is 18.2 Å². The Balaban J connectivity index is 1.57. The number of fused-ring (bicyclic) bond motifs is 1. The number of nitrogens with one attached hydrogen (secondary N) is 3. The first kappa shape index (κ1) is 17.3. The third kappa shape index (κ3) is 5.20. The van der Waals surface area contributed by atoms with Gasteiger partial charge in [0.1, 0.15) is 5.52 Å². The normalized spacial score (nSPS) is 14.4. The lowest BCUT2D eigenvalue weighted by molar-refractivity contribution is -0.120. The van der Waals surface area contributed by atoms with Crippen LogP contribution in [0.5, 0.6) is 0 Å². The number of hydrogen-bond acceptors (Lipinski definition) is 4. The quantitative estimate of drug-likeness (QED) is 0.777. The smallest absolute Gasteiger partial charge is 0.319 e. The molecular formula is C18H24N4O3. The first-order valence-corrected chi connectivity index (χ1v) is 8.52. The van der Waals surface area contributed by atoms with E-state index in [1.807, 2.05) is 0 Å². The Morgan fingerprint density at radius 1 is 1.28 bits per heavy atom. The van der Waals surface area contributed by atoms with Crippen LogP contribution in [0.4, 0.5) is 10.5 Å². The van der Waals surface area contributed by atoms with Gasteiger partial charge >= 0.3 is 6.03 Å². The van der Waals surface area contributed by atoms with Crippen molar-refractivity contribution in [3.63, 3.8) is 0 Å². The molecule has 1 aliphatic rings. The number of hydrogen-bond donors (Lipinski definition) is 3. The standard InChI is InChI=1S/C18H24N4O3/c1-18(2,3)9-16-22-13-8-12(6-7-14(13)25-16)21-17(24)19-10-15(23)20-11-4-5-11/h6-8,11H,4-5,9-10H2,1-3H3,(H,20,23)(H2,19,21,24). The van der Waals surface area contributed by atoms with Crippen molar-refractivity contribution < 1.29 is 14.0 Å². The molecule has 0 unspecified atom stereocenters. The highest BCUT2D eigenvalue weighted by Crippen LogP contribution is 2.25. The second kappa shape index (κ2) is 6.74. The van der Waals surface area contributed by atoms with E-state index in [2.05, 4.69) is 41.7 Å². The monoisotopic (exact) mass is 344 g/mol. The van der Waals surface area contributed by atoms with E-state index < -0.39 is 6.03 Å². The zero-order valence-electron chi connectivity index (χ0n) is 14.8.